The fourth-order valence-electron chi connectivity index (χ4n) is 2.03. The highest BCUT2D eigenvalue weighted by molar-refractivity contribution is 5.07. The summed E-state index contributed by atoms with van der Waals surface area (Å²) in [4.78, 5) is 2.45. The molecule has 0 saturated heterocycles. The minimum absolute atomic E-state index is 0.333. The van der Waals surface area contributed by atoms with Crippen LogP contribution in [-0.2, 0) is 0 Å². The summed E-state index contributed by atoms with van der Waals surface area (Å²) in [6.07, 6.45) is 5.91. The lowest BCUT2D eigenvalue weighted by Crippen LogP contribution is -2.45. The zero-order valence-corrected chi connectivity index (χ0v) is 11.6. The van der Waals surface area contributed by atoms with E-state index in [1.165, 1.54) is 25.7 Å². The van der Waals surface area contributed by atoms with Crippen LogP contribution in [0.3, 0.4) is 0 Å². The van der Waals surface area contributed by atoms with Crippen LogP contribution in [0.1, 0.15) is 52.9 Å². The molecule has 1 rings (SSSR count). The molecule has 1 saturated carbocycles. The number of nitrogens with zero attached hydrogens (tertiary/aromatic N) is 2. The molecule has 3 heteroatoms. The van der Waals surface area contributed by atoms with Gasteiger partial charge in [-0.15, -0.1) is 0 Å². The van der Waals surface area contributed by atoms with Gasteiger partial charge in [-0.3, -0.25) is 5.32 Å². The molecule has 3 nitrogen and oxygen atoms in total. The number of rotatable bonds is 9. The van der Waals surface area contributed by atoms with Gasteiger partial charge in [-0.25, -0.2) is 0 Å². The molecule has 1 aliphatic carbocycles. The third-order valence-electron chi connectivity index (χ3n) is 3.55. The second kappa shape index (κ2) is 6.98. The van der Waals surface area contributed by atoms with Gasteiger partial charge in [0.2, 0.25) is 0 Å². The molecule has 0 heterocycles. The van der Waals surface area contributed by atoms with Crippen LogP contribution < -0.4 is 5.32 Å². The smallest absolute Gasteiger partial charge is 0.105 e. The van der Waals surface area contributed by atoms with Crippen molar-refractivity contribution in [3.05, 3.63) is 0 Å². The molecule has 0 bridgehead atoms. The quantitative estimate of drug-likeness (QED) is 0.670. The van der Waals surface area contributed by atoms with Gasteiger partial charge in [0.25, 0.3) is 0 Å². The highest BCUT2D eigenvalue weighted by Crippen LogP contribution is 2.23. The van der Waals surface area contributed by atoms with Crippen LogP contribution in [0, 0.1) is 11.3 Å². The van der Waals surface area contributed by atoms with Gasteiger partial charge in [-0.2, -0.15) is 5.26 Å². The van der Waals surface area contributed by atoms with Crippen LogP contribution in [0.25, 0.3) is 0 Å². The van der Waals surface area contributed by atoms with E-state index in [2.05, 4.69) is 30.1 Å². The van der Waals surface area contributed by atoms with E-state index in [9.17, 15) is 5.26 Å². The van der Waals surface area contributed by atoms with Crippen LogP contribution in [0.4, 0.5) is 0 Å². The lowest BCUT2D eigenvalue weighted by molar-refractivity contribution is 0.251. The van der Waals surface area contributed by atoms with Crippen molar-refractivity contribution in [2.45, 2.75) is 64.5 Å². The van der Waals surface area contributed by atoms with E-state index in [0.717, 1.165) is 26.1 Å². The molecule has 0 aromatic heterocycles. The largest absolute Gasteiger partial charge is 0.304 e. The molecule has 98 valence electrons. The number of unbranched alkanes of at least 4 members (excludes halogenated alkanes) is 1. The van der Waals surface area contributed by atoms with E-state index >= 15 is 0 Å². The van der Waals surface area contributed by atoms with E-state index in [4.69, 9.17) is 0 Å². The molecule has 1 fully saturated rings. The van der Waals surface area contributed by atoms with Crippen molar-refractivity contribution in [3.8, 4) is 6.07 Å². The van der Waals surface area contributed by atoms with Crippen LogP contribution in [0.15, 0.2) is 0 Å². The lowest BCUT2D eigenvalue weighted by Gasteiger charge is -2.27. The van der Waals surface area contributed by atoms with Crippen molar-refractivity contribution in [2.75, 3.05) is 19.6 Å². The molecule has 0 amide bonds. The first-order valence-electron chi connectivity index (χ1n) is 7.05. The molecular weight excluding hydrogens is 210 g/mol. The van der Waals surface area contributed by atoms with Gasteiger partial charge in [-0.05, 0) is 45.7 Å². The first-order chi connectivity index (χ1) is 8.13. The molecule has 0 aromatic carbocycles. The van der Waals surface area contributed by atoms with Gasteiger partial charge in [0.05, 0.1) is 6.07 Å². The predicted octanol–water partition coefficient (Wildman–Crippen LogP) is 2.53. The summed E-state index contributed by atoms with van der Waals surface area (Å²) in [5, 5.41) is 12.8. The molecule has 1 atom stereocenters. The molecule has 17 heavy (non-hydrogen) atoms. The van der Waals surface area contributed by atoms with Crippen molar-refractivity contribution in [2.24, 2.45) is 0 Å². The summed E-state index contributed by atoms with van der Waals surface area (Å²) < 4.78 is 0. The summed E-state index contributed by atoms with van der Waals surface area (Å²) in [6, 6.07) is 3.05. The average Bonchev–Trinajstić information content (AvgIpc) is 3.13. The van der Waals surface area contributed by atoms with E-state index in [-0.39, 0.29) is 5.54 Å². The number of hydrogen-bond donors (Lipinski definition) is 1. The van der Waals surface area contributed by atoms with Gasteiger partial charge in [0.15, 0.2) is 0 Å². The summed E-state index contributed by atoms with van der Waals surface area (Å²) >= 11 is 0. The Bertz CT molecular complexity index is 255. The SMILES string of the molecule is CCCCN(CC)CCC(C)(C#N)NC1CC1. The van der Waals surface area contributed by atoms with E-state index in [1.54, 1.807) is 0 Å². The Morgan fingerprint density at radius 3 is 2.53 bits per heavy atom. The zero-order valence-electron chi connectivity index (χ0n) is 11.6. The molecule has 0 aliphatic heterocycles. The number of hydrogen-bond acceptors (Lipinski definition) is 3. The van der Waals surface area contributed by atoms with Crippen molar-refractivity contribution < 1.29 is 0 Å². The van der Waals surface area contributed by atoms with E-state index in [1.807, 2.05) is 6.92 Å². The Morgan fingerprint density at radius 1 is 1.35 bits per heavy atom. The molecule has 1 aliphatic rings. The van der Waals surface area contributed by atoms with Crippen LogP contribution in [-0.4, -0.2) is 36.1 Å². The molecule has 0 spiro atoms. The summed E-state index contributed by atoms with van der Waals surface area (Å²) in [5.41, 5.74) is -0.333. The van der Waals surface area contributed by atoms with Gasteiger partial charge in [-0.1, -0.05) is 20.3 Å². The van der Waals surface area contributed by atoms with Gasteiger partial charge < -0.3 is 4.90 Å². The fraction of sp³-hybridized carbons (Fsp3) is 0.929. The summed E-state index contributed by atoms with van der Waals surface area (Å²) in [5.74, 6) is 0. The third kappa shape index (κ3) is 5.52. The van der Waals surface area contributed by atoms with Crippen LogP contribution >= 0.6 is 0 Å². The Labute approximate surface area is 106 Å². The third-order valence-corrected chi connectivity index (χ3v) is 3.55. The maximum absolute atomic E-state index is 9.29. The van der Waals surface area contributed by atoms with Crippen LogP contribution in [0.5, 0.6) is 0 Å². The van der Waals surface area contributed by atoms with Gasteiger partial charge in [0.1, 0.15) is 5.54 Å². The number of nitrogens with one attached hydrogen (secondary N) is 1. The maximum Gasteiger partial charge on any atom is 0.105 e. The Morgan fingerprint density at radius 2 is 2.06 bits per heavy atom. The topological polar surface area (TPSA) is 39.1 Å². The highest BCUT2D eigenvalue weighted by Gasteiger charge is 2.32. The van der Waals surface area contributed by atoms with Gasteiger partial charge >= 0.3 is 0 Å². The lowest BCUT2D eigenvalue weighted by atomic mass is 9.99. The minimum Gasteiger partial charge on any atom is -0.304 e. The Hall–Kier alpha value is -0.590. The summed E-state index contributed by atoms with van der Waals surface area (Å²) in [6.45, 7) is 9.75. The zero-order chi connectivity index (χ0) is 12.7. The van der Waals surface area contributed by atoms with Crippen molar-refractivity contribution in [3.63, 3.8) is 0 Å². The molecule has 1 unspecified atom stereocenters. The van der Waals surface area contributed by atoms with E-state index in [0.29, 0.717) is 6.04 Å². The monoisotopic (exact) mass is 237 g/mol. The standard InChI is InChI=1S/C14H27N3/c1-4-6-10-17(5-2)11-9-14(3,12-15)16-13-7-8-13/h13,16H,4-11H2,1-3H3. The minimum atomic E-state index is -0.333. The normalized spacial score (nSPS) is 19.0. The highest BCUT2D eigenvalue weighted by atomic mass is 15.1. The Kier molecular flexibility index (Phi) is 5.94. The average molecular weight is 237 g/mol. The molecule has 0 radical (unpaired) electrons. The van der Waals surface area contributed by atoms with Crippen LogP contribution in [0.2, 0.25) is 0 Å². The first kappa shape index (κ1) is 14.5. The summed E-state index contributed by atoms with van der Waals surface area (Å²) in [7, 11) is 0. The Balaban J connectivity index is 2.31. The molecule has 0 aromatic rings. The van der Waals surface area contributed by atoms with Crippen molar-refractivity contribution >= 4 is 0 Å². The van der Waals surface area contributed by atoms with Gasteiger partial charge in [0, 0.05) is 12.6 Å². The first-order valence-corrected chi connectivity index (χ1v) is 7.05. The molecule has 1 N–H and O–H groups in total. The maximum atomic E-state index is 9.29. The predicted molar refractivity (Wildman–Crippen MR) is 71.8 cm³/mol. The second-order valence-electron chi connectivity index (χ2n) is 5.40. The van der Waals surface area contributed by atoms with Crippen molar-refractivity contribution in [1.29, 1.82) is 5.26 Å². The number of nitriles is 1. The molecular formula is C14H27N3. The second-order valence-corrected chi connectivity index (χ2v) is 5.40. The van der Waals surface area contributed by atoms with E-state index < -0.39 is 0 Å². The fourth-order valence-corrected chi connectivity index (χ4v) is 2.03. The van der Waals surface area contributed by atoms with Crippen molar-refractivity contribution in [1.82, 2.24) is 10.2 Å².